The van der Waals surface area contributed by atoms with E-state index in [0.29, 0.717) is 51.6 Å². The van der Waals surface area contributed by atoms with Gasteiger partial charge in [-0.2, -0.15) is 14.4 Å². The van der Waals surface area contributed by atoms with E-state index in [1.165, 1.54) is 18.9 Å². The Morgan fingerprint density at radius 1 is 1.03 bits per heavy atom. The summed E-state index contributed by atoms with van der Waals surface area (Å²) in [5.74, 6) is 1.46. The molecule has 0 bridgehead atoms. The number of fused-ring (bicyclic) bond motifs is 1. The summed E-state index contributed by atoms with van der Waals surface area (Å²) in [5, 5.41) is 1.21. The molecule has 0 spiro atoms. The number of aromatic nitrogens is 4. The first-order valence-electron chi connectivity index (χ1n) is 9.85. The molecule has 2 aromatic carbocycles. The maximum atomic E-state index is 14.0. The number of aryl methyl sites for hydroxylation is 2. The number of nitrogens with zero attached hydrogens (tertiary/aromatic N) is 4. The Bertz CT molecular complexity index is 1290. The zero-order valence-electron chi connectivity index (χ0n) is 18.1. The van der Waals surface area contributed by atoms with Crippen molar-refractivity contribution >= 4 is 40.3 Å². The number of nitrogens with two attached hydrogens (primary N) is 1. The topological polar surface area (TPSA) is 97.3 Å². The normalized spacial score (nSPS) is 11.1. The largest absolute Gasteiger partial charge is 0.493 e. The number of imidazole rings is 1. The highest BCUT2D eigenvalue weighted by atomic mass is 35.5. The number of ether oxygens (including phenoxy) is 3. The van der Waals surface area contributed by atoms with Gasteiger partial charge in [0.2, 0.25) is 5.75 Å². The number of anilines is 1. The summed E-state index contributed by atoms with van der Waals surface area (Å²) >= 11 is 7.65. The van der Waals surface area contributed by atoms with Crippen LogP contribution in [0.3, 0.4) is 0 Å². The fourth-order valence-corrected chi connectivity index (χ4v) is 4.61. The van der Waals surface area contributed by atoms with Crippen LogP contribution in [-0.4, -0.2) is 40.8 Å². The van der Waals surface area contributed by atoms with Crippen LogP contribution in [0, 0.1) is 6.08 Å². The molecule has 2 aromatic heterocycles. The molecule has 0 saturated heterocycles. The molecule has 11 heteroatoms. The Hall–Kier alpha value is -3.24. The lowest BCUT2D eigenvalue weighted by molar-refractivity contribution is 0.323. The molecule has 0 aliphatic rings. The van der Waals surface area contributed by atoms with Gasteiger partial charge in [0.25, 0.3) is 0 Å². The third-order valence-corrected chi connectivity index (χ3v) is 6.30. The number of hydrogen-bond donors (Lipinski definition) is 1. The van der Waals surface area contributed by atoms with Crippen molar-refractivity contribution in [3.05, 3.63) is 53.1 Å². The first-order chi connectivity index (χ1) is 15.9. The lowest BCUT2D eigenvalue weighted by atomic mass is 10.1. The Morgan fingerprint density at radius 2 is 1.73 bits per heavy atom. The summed E-state index contributed by atoms with van der Waals surface area (Å²) < 4.78 is 32.1. The van der Waals surface area contributed by atoms with Gasteiger partial charge >= 0.3 is 6.08 Å². The van der Waals surface area contributed by atoms with Crippen LogP contribution in [0.15, 0.2) is 46.5 Å². The van der Waals surface area contributed by atoms with Crippen molar-refractivity contribution in [2.75, 3.05) is 27.1 Å². The highest BCUT2D eigenvalue weighted by molar-refractivity contribution is 7.99. The highest BCUT2D eigenvalue weighted by Crippen LogP contribution is 2.43. The van der Waals surface area contributed by atoms with Crippen molar-refractivity contribution < 1.29 is 18.6 Å². The Morgan fingerprint density at radius 3 is 2.36 bits per heavy atom. The predicted octanol–water partition coefficient (Wildman–Crippen LogP) is 4.62. The van der Waals surface area contributed by atoms with Gasteiger partial charge in [-0.05, 0) is 30.2 Å². The second-order valence-electron chi connectivity index (χ2n) is 6.90. The van der Waals surface area contributed by atoms with Gasteiger partial charge in [0.1, 0.15) is 0 Å². The van der Waals surface area contributed by atoms with E-state index in [1.54, 1.807) is 30.9 Å². The van der Waals surface area contributed by atoms with Crippen molar-refractivity contribution in [2.24, 2.45) is 0 Å². The number of methoxy groups -OCH3 is 3. The summed E-state index contributed by atoms with van der Waals surface area (Å²) in [6.07, 6.45) is -0.331. The molecular formula is C22H21ClFN5O3S. The molecule has 0 aliphatic carbocycles. The first-order valence-corrected chi connectivity index (χ1v) is 11.0. The van der Waals surface area contributed by atoms with E-state index in [-0.39, 0.29) is 5.82 Å². The molecule has 2 heterocycles. The lowest BCUT2D eigenvalue weighted by Crippen LogP contribution is -2.06. The van der Waals surface area contributed by atoms with Gasteiger partial charge in [-0.3, -0.25) is 0 Å². The van der Waals surface area contributed by atoms with Crippen LogP contribution in [0.2, 0.25) is 5.02 Å². The van der Waals surface area contributed by atoms with E-state index in [2.05, 4.69) is 15.0 Å². The van der Waals surface area contributed by atoms with Gasteiger partial charge in [0, 0.05) is 16.5 Å². The number of benzene rings is 2. The molecule has 8 nitrogen and oxygen atoms in total. The van der Waals surface area contributed by atoms with Gasteiger partial charge in [-0.15, -0.1) is 0 Å². The molecule has 0 atom stereocenters. The summed E-state index contributed by atoms with van der Waals surface area (Å²) in [4.78, 5) is 12.9. The second kappa shape index (κ2) is 9.72. The molecule has 0 amide bonds. The van der Waals surface area contributed by atoms with Crippen molar-refractivity contribution in [1.29, 1.82) is 0 Å². The van der Waals surface area contributed by atoms with Gasteiger partial charge < -0.3 is 24.5 Å². The summed E-state index contributed by atoms with van der Waals surface area (Å²) in [6.45, 7) is 0.447. The van der Waals surface area contributed by atoms with Gasteiger partial charge in [0.05, 0.1) is 21.3 Å². The average Bonchev–Trinajstić information content (AvgIpc) is 3.14. The molecule has 2 N–H and O–H groups in total. The number of hydrogen-bond acceptors (Lipinski definition) is 8. The monoisotopic (exact) mass is 489 g/mol. The summed E-state index contributed by atoms with van der Waals surface area (Å²) in [5.41, 5.74) is 7.52. The van der Waals surface area contributed by atoms with E-state index in [0.717, 1.165) is 10.5 Å². The van der Waals surface area contributed by atoms with E-state index < -0.39 is 6.08 Å². The molecule has 33 heavy (non-hydrogen) atoms. The molecule has 0 aliphatic heterocycles. The molecule has 0 unspecified atom stereocenters. The number of nitrogen functional groups attached to an aromatic ring is 1. The Kier molecular flexibility index (Phi) is 6.75. The van der Waals surface area contributed by atoms with Crippen LogP contribution >= 0.6 is 23.4 Å². The van der Waals surface area contributed by atoms with E-state index in [9.17, 15) is 4.39 Å². The first kappa shape index (κ1) is 22.9. The standard InChI is InChI=1S/C22H21ClFN5O3S/c1-30-15-10-13(11-16(31-2)18(15)32-3)33-22-26-17-19(25)27-21(24)28-20(17)29(22)9-8-12-6-4-5-7-14(12)23/h4-7,10-11H,8-9H2,1-3H3,(H2,25,27,28). The maximum absolute atomic E-state index is 14.0. The van der Waals surface area contributed by atoms with E-state index in [4.69, 9.17) is 31.5 Å². The molecule has 0 fully saturated rings. The molecule has 172 valence electrons. The molecule has 0 radical (unpaired) electrons. The van der Waals surface area contributed by atoms with Crippen molar-refractivity contribution in [1.82, 2.24) is 19.5 Å². The SMILES string of the molecule is COc1cc(Sc2nc3c(N)nc(F)nc3n2CCc2ccccc2Cl)cc(OC)c1OC. The summed E-state index contributed by atoms with van der Waals surface area (Å²) in [7, 11) is 4.63. The number of halogens is 2. The Balaban J connectivity index is 1.78. The van der Waals surface area contributed by atoms with Crippen LogP contribution in [0.25, 0.3) is 11.2 Å². The minimum atomic E-state index is -0.914. The van der Waals surface area contributed by atoms with E-state index in [1.807, 2.05) is 24.3 Å². The third kappa shape index (κ3) is 4.62. The quantitative estimate of drug-likeness (QED) is 0.358. The zero-order valence-corrected chi connectivity index (χ0v) is 19.7. The predicted molar refractivity (Wildman–Crippen MR) is 125 cm³/mol. The van der Waals surface area contributed by atoms with Crippen molar-refractivity contribution in [3.63, 3.8) is 0 Å². The van der Waals surface area contributed by atoms with Gasteiger partial charge in [0.15, 0.2) is 33.6 Å². The van der Waals surface area contributed by atoms with Crippen LogP contribution < -0.4 is 19.9 Å². The van der Waals surface area contributed by atoms with Crippen LogP contribution in [0.4, 0.5) is 10.2 Å². The van der Waals surface area contributed by atoms with Crippen LogP contribution in [0.5, 0.6) is 17.2 Å². The van der Waals surface area contributed by atoms with Gasteiger partial charge in [-0.1, -0.05) is 41.6 Å². The van der Waals surface area contributed by atoms with Crippen molar-refractivity contribution in [3.8, 4) is 17.2 Å². The van der Waals surface area contributed by atoms with Crippen LogP contribution in [0.1, 0.15) is 5.56 Å². The Labute approximate surface area is 198 Å². The highest BCUT2D eigenvalue weighted by Gasteiger charge is 2.20. The third-order valence-electron chi connectivity index (χ3n) is 4.97. The molecular weight excluding hydrogens is 469 g/mol. The molecule has 0 saturated carbocycles. The molecule has 4 aromatic rings. The van der Waals surface area contributed by atoms with Crippen LogP contribution in [-0.2, 0) is 13.0 Å². The van der Waals surface area contributed by atoms with Crippen molar-refractivity contribution in [2.45, 2.75) is 23.0 Å². The number of rotatable bonds is 8. The minimum absolute atomic E-state index is 0.0271. The average molecular weight is 490 g/mol. The fourth-order valence-electron chi connectivity index (χ4n) is 3.41. The molecule has 4 rings (SSSR count). The fraction of sp³-hybridized carbons (Fsp3) is 0.227. The minimum Gasteiger partial charge on any atom is -0.493 e. The lowest BCUT2D eigenvalue weighted by Gasteiger charge is -2.14. The zero-order chi connectivity index (χ0) is 23.5. The smallest absolute Gasteiger partial charge is 0.312 e. The van der Waals surface area contributed by atoms with E-state index >= 15 is 0 Å². The maximum Gasteiger partial charge on any atom is 0.312 e. The van der Waals surface area contributed by atoms with Gasteiger partial charge in [-0.25, -0.2) is 4.98 Å². The summed E-state index contributed by atoms with van der Waals surface area (Å²) in [6, 6.07) is 11.2. The second-order valence-corrected chi connectivity index (χ2v) is 8.35.